The Balaban J connectivity index is 1.78. The molecule has 0 radical (unpaired) electrons. The third-order valence-electron chi connectivity index (χ3n) is 4.66. The number of carbonyl (C=O) groups is 1. The number of carbonyl (C=O) groups excluding carboxylic acids is 1. The molecular weight excluding hydrogens is 342 g/mol. The van der Waals surface area contributed by atoms with Gasteiger partial charge < -0.3 is 5.32 Å². The molecule has 0 aliphatic heterocycles. The SMILES string of the molecule is CC[C@@H](C(=O)NC[C@H](c1ccsc1)n1nc(C)cc1C)c1ccccc1. The highest BCUT2D eigenvalue weighted by Gasteiger charge is 2.22. The molecule has 0 bridgehead atoms. The lowest BCUT2D eigenvalue weighted by molar-refractivity contribution is -0.122. The molecule has 0 aliphatic rings. The standard InChI is InChI=1S/C21H25N3OS/c1-4-19(17-8-6-5-7-9-17)21(25)22-13-20(18-10-11-26-14-18)24-16(3)12-15(2)23-24/h5-12,14,19-20H,4,13H2,1-3H3,(H,22,25)/t19-,20-/m1/s1. The van der Waals surface area contributed by atoms with Gasteiger partial charge in [-0.05, 0) is 54.3 Å². The minimum atomic E-state index is -0.125. The van der Waals surface area contributed by atoms with Crippen LogP contribution in [0.4, 0.5) is 0 Å². The van der Waals surface area contributed by atoms with Crippen molar-refractivity contribution in [3.05, 3.63) is 75.7 Å². The van der Waals surface area contributed by atoms with Crippen molar-refractivity contribution in [3.8, 4) is 0 Å². The van der Waals surface area contributed by atoms with Gasteiger partial charge >= 0.3 is 0 Å². The molecule has 1 amide bonds. The van der Waals surface area contributed by atoms with E-state index in [2.05, 4.69) is 47.2 Å². The Bertz CT molecular complexity index is 840. The van der Waals surface area contributed by atoms with Crippen LogP contribution in [0.5, 0.6) is 0 Å². The zero-order valence-corrected chi connectivity index (χ0v) is 16.3. The second-order valence-electron chi connectivity index (χ2n) is 6.56. The number of hydrogen-bond acceptors (Lipinski definition) is 3. The molecule has 0 saturated heterocycles. The molecule has 136 valence electrons. The quantitative estimate of drug-likeness (QED) is 0.670. The van der Waals surface area contributed by atoms with E-state index in [1.165, 1.54) is 5.56 Å². The largest absolute Gasteiger partial charge is 0.353 e. The number of aromatic nitrogens is 2. The summed E-state index contributed by atoms with van der Waals surface area (Å²) in [5.41, 5.74) is 4.33. The molecular formula is C21H25N3OS. The van der Waals surface area contributed by atoms with Crippen molar-refractivity contribution in [2.45, 2.75) is 39.2 Å². The zero-order valence-electron chi connectivity index (χ0n) is 15.5. The smallest absolute Gasteiger partial charge is 0.227 e. The van der Waals surface area contributed by atoms with Crippen molar-refractivity contribution in [2.24, 2.45) is 0 Å². The summed E-state index contributed by atoms with van der Waals surface area (Å²) in [5, 5.41) is 12.0. The van der Waals surface area contributed by atoms with Crippen molar-refractivity contribution in [1.29, 1.82) is 0 Å². The lowest BCUT2D eigenvalue weighted by Crippen LogP contribution is -2.35. The van der Waals surface area contributed by atoms with E-state index in [0.29, 0.717) is 6.54 Å². The molecule has 1 aromatic carbocycles. The van der Waals surface area contributed by atoms with Gasteiger partial charge in [-0.2, -0.15) is 16.4 Å². The predicted molar refractivity (Wildman–Crippen MR) is 107 cm³/mol. The van der Waals surface area contributed by atoms with E-state index in [4.69, 9.17) is 0 Å². The fraction of sp³-hybridized carbons (Fsp3) is 0.333. The Morgan fingerprint density at radius 3 is 2.54 bits per heavy atom. The second-order valence-corrected chi connectivity index (χ2v) is 7.34. The first kappa shape index (κ1) is 18.4. The highest BCUT2D eigenvalue weighted by molar-refractivity contribution is 7.07. The minimum Gasteiger partial charge on any atom is -0.353 e. The van der Waals surface area contributed by atoms with E-state index >= 15 is 0 Å². The molecule has 4 nitrogen and oxygen atoms in total. The highest BCUT2D eigenvalue weighted by atomic mass is 32.1. The number of aryl methyl sites for hydroxylation is 2. The van der Waals surface area contributed by atoms with Gasteiger partial charge in [-0.3, -0.25) is 9.48 Å². The number of hydrogen-bond donors (Lipinski definition) is 1. The first-order chi connectivity index (χ1) is 12.6. The summed E-state index contributed by atoms with van der Waals surface area (Å²) in [7, 11) is 0. The average Bonchev–Trinajstić information content (AvgIpc) is 3.27. The molecule has 0 spiro atoms. The van der Waals surface area contributed by atoms with Gasteiger partial charge in [-0.15, -0.1) is 0 Å². The van der Waals surface area contributed by atoms with Gasteiger partial charge in [0.05, 0.1) is 17.7 Å². The summed E-state index contributed by atoms with van der Waals surface area (Å²) < 4.78 is 2.02. The fourth-order valence-electron chi connectivity index (χ4n) is 3.35. The molecule has 26 heavy (non-hydrogen) atoms. The first-order valence-corrected chi connectivity index (χ1v) is 9.92. The molecule has 0 saturated carbocycles. The fourth-order valence-corrected chi connectivity index (χ4v) is 4.06. The Hall–Kier alpha value is -2.40. The first-order valence-electron chi connectivity index (χ1n) is 8.97. The van der Waals surface area contributed by atoms with Crippen LogP contribution in [0.15, 0.2) is 53.2 Å². The molecule has 5 heteroatoms. The summed E-state index contributed by atoms with van der Waals surface area (Å²) in [6, 6.07) is 14.2. The van der Waals surface area contributed by atoms with E-state index in [9.17, 15) is 4.79 Å². The normalized spacial score (nSPS) is 13.3. The Kier molecular flexibility index (Phi) is 5.89. The molecule has 0 fully saturated rings. The maximum atomic E-state index is 12.8. The van der Waals surface area contributed by atoms with Crippen molar-refractivity contribution < 1.29 is 4.79 Å². The Morgan fingerprint density at radius 2 is 1.96 bits per heavy atom. The molecule has 2 atom stereocenters. The molecule has 3 aromatic rings. The summed E-state index contributed by atoms with van der Waals surface area (Å²) in [6.07, 6.45) is 0.777. The van der Waals surface area contributed by atoms with Crippen LogP contribution in [0.1, 0.15) is 47.8 Å². The van der Waals surface area contributed by atoms with E-state index < -0.39 is 0 Å². The number of amides is 1. The number of thiophene rings is 1. The molecule has 0 unspecified atom stereocenters. The van der Waals surface area contributed by atoms with Crippen LogP contribution in [0, 0.1) is 13.8 Å². The van der Waals surface area contributed by atoms with Gasteiger partial charge in [0.1, 0.15) is 0 Å². The van der Waals surface area contributed by atoms with E-state index in [-0.39, 0.29) is 17.9 Å². The van der Waals surface area contributed by atoms with Gasteiger partial charge in [-0.25, -0.2) is 0 Å². The van der Waals surface area contributed by atoms with E-state index in [1.54, 1.807) is 11.3 Å². The maximum absolute atomic E-state index is 12.8. The van der Waals surface area contributed by atoms with Crippen LogP contribution in [0.3, 0.4) is 0 Å². The lowest BCUT2D eigenvalue weighted by Gasteiger charge is -2.21. The minimum absolute atomic E-state index is 0.00665. The molecule has 2 aromatic heterocycles. The van der Waals surface area contributed by atoms with Gasteiger partial charge in [0.2, 0.25) is 5.91 Å². The van der Waals surface area contributed by atoms with Crippen LogP contribution in [-0.2, 0) is 4.79 Å². The summed E-state index contributed by atoms with van der Waals surface area (Å²) >= 11 is 1.66. The van der Waals surface area contributed by atoms with Crippen molar-refractivity contribution in [2.75, 3.05) is 6.54 Å². The van der Waals surface area contributed by atoms with Crippen LogP contribution < -0.4 is 5.32 Å². The van der Waals surface area contributed by atoms with Gasteiger partial charge in [0, 0.05) is 12.2 Å². The monoisotopic (exact) mass is 367 g/mol. The number of nitrogens with zero attached hydrogens (tertiary/aromatic N) is 2. The van der Waals surface area contributed by atoms with Crippen LogP contribution in [0.25, 0.3) is 0 Å². The summed E-state index contributed by atoms with van der Waals surface area (Å²) in [6.45, 7) is 6.63. The van der Waals surface area contributed by atoms with Crippen LogP contribution in [-0.4, -0.2) is 22.2 Å². The van der Waals surface area contributed by atoms with Crippen LogP contribution >= 0.6 is 11.3 Å². The third kappa shape index (κ3) is 4.05. The van der Waals surface area contributed by atoms with Crippen LogP contribution in [0.2, 0.25) is 0 Å². The maximum Gasteiger partial charge on any atom is 0.227 e. The average molecular weight is 368 g/mol. The predicted octanol–water partition coefficient (Wildman–Crippen LogP) is 4.46. The summed E-state index contributed by atoms with van der Waals surface area (Å²) in [5.74, 6) is -0.0553. The topological polar surface area (TPSA) is 46.9 Å². The van der Waals surface area contributed by atoms with Crippen molar-refractivity contribution in [3.63, 3.8) is 0 Å². The second kappa shape index (κ2) is 8.32. The number of rotatable bonds is 7. The van der Waals surface area contributed by atoms with Crippen molar-refractivity contribution >= 4 is 17.2 Å². The van der Waals surface area contributed by atoms with Gasteiger partial charge in [-0.1, -0.05) is 37.3 Å². The van der Waals surface area contributed by atoms with Crippen molar-refractivity contribution in [1.82, 2.24) is 15.1 Å². The molecule has 1 N–H and O–H groups in total. The van der Waals surface area contributed by atoms with Gasteiger partial charge in [0.15, 0.2) is 0 Å². The lowest BCUT2D eigenvalue weighted by atomic mass is 9.95. The highest BCUT2D eigenvalue weighted by Crippen LogP contribution is 2.23. The third-order valence-corrected chi connectivity index (χ3v) is 5.37. The number of nitrogens with one attached hydrogen (secondary N) is 1. The number of benzene rings is 1. The summed E-state index contributed by atoms with van der Waals surface area (Å²) in [4.78, 5) is 12.8. The van der Waals surface area contributed by atoms with E-state index in [1.807, 2.05) is 41.9 Å². The molecule has 3 rings (SSSR count). The Labute approximate surface area is 158 Å². The Morgan fingerprint density at radius 1 is 1.19 bits per heavy atom. The van der Waals surface area contributed by atoms with E-state index in [0.717, 1.165) is 23.4 Å². The van der Waals surface area contributed by atoms with Gasteiger partial charge in [0.25, 0.3) is 0 Å². The zero-order chi connectivity index (χ0) is 18.5. The molecule has 2 heterocycles. The molecule has 0 aliphatic carbocycles.